The van der Waals surface area contributed by atoms with Crippen molar-refractivity contribution in [3.8, 4) is 5.75 Å². The van der Waals surface area contributed by atoms with Gasteiger partial charge in [0.05, 0.1) is 7.11 Å². The minimum atomic E-state index is 0.239. The molecule has 2 nitrogen and oxygen atoms in total. The standard InChI is InChI=1S/C12H16O2S/c1-9(13)8-10(2)15-12-6-4-11(14-3)5-7-12/h4-7,10H,8H2,1-3H3. The van der Waals surface area contributed by atoms with E-state index in [0.29, 0.717) is 11.7 Å². The minimum Gasteiger partial charge on any atom is -0.497 e. The van der Waals surface area contributed by atoms with Gasteiger partial charge in [0.1, 0.15) is 11.5 Å². The summed E-state index contributed by atoms with van der Waals surface area (Å²) in [6, 6.07) is 7.89. The van der Waals surface area contributed by atoms with Crippen LogP contribution in [-0.4, -0.2) is 18.1 Å². The number of ketones is 1. The quantitative estimate of drug-likeness (QED) is 0.719. The Hall–Kier alpha value is -0.960. The maximum absolute atomic E-state index is 10.9. The third-order valence-corrected chi connectivity index (χ3v) is 3.08. The first-order valence-corrected chi connectivity index (χ1v) is 5.80. The maximum Gasteiger partial charge on any atom is 0.130 e. The van der Waals surface area contributed by atoms with Crippen LogP contribution < -0.4 is 4.74 Å². The van der Waals surface area contributed by atoms with E-state index in [1.165, 1.54) is 4.90 Å². The van der Waals surface area contributed by atoms with E-state index in [-0.39, 0.29) is 5.78 Å². The van der Waals surface area contributed by atoms with Crippen molar-refractivity contribution in [3.05, 3.63) is 24.3 Å². The van der Waals surface area contributed by atoms with E-state index in [1.807, 2.05) is 24.3 Å². The van der Waals surface area contributed by atoms with Crippen molar-refractivity contribution in [2.24, 2.45) is 0 Å². The Morgan fingerprint density at radius 1 is 1.40 bits per heavy atom. The highest BCUT2D eigenvalue weighted by Crippen LogP contribution is 2.26. The predicted octanol–water partition coefficient (Wildman–Crippen LogP) is 3.15. The second-order valence-corrected chi connectivity index (χ2v) is 5.02. The largest absolute Gasteiger partial charge is 0.497 e. The van der Waals surface area contributed by atoms with Crippen molar-refractivity contribution in [1.82, 2.24) is 0 Å². The van der Waals surface area contributed by atoms with Crippen LogP contribution in [0.1, 0.15) is 20.3 Å². The molecular weight excluding hydrogens is 208 g/mol. The monoisotopic (exact) mass is 224 g/mol. The molecule has 0 heterocycles. The summed E-state index contributed by atoms with van der Waals surface area (Å²) < 4.78 is 5.08. The lowest BCUT2D eigenvalue weighted by molar-refractivity contribution is -0.116. The van der Waals surface area contributed by atoms with Gasteiger partial charge in [-0.25, -0.2) is 0 Å². The Morgan fingerprint density at radius 2 is 2.00 bits per heavy atom. The number of carbonyl (C=O) groups is 1. The highest BCUT2D eigenvalue weighted by Gasteiger charge is 2.06. The van der Waals surface area contributed by atoms with Crippen molar-refractivity contribution in [1.29, 1.82) is 0 Å². The topological polar surface area (TPSA) is 26.3 Å². The van der Waals surface area contributed by atoms with E-state index < -0.39 is 0 Å². The first kappa shape index (κ1) is 12.1. The lowest BCUT2D eigenvalue weighted by Gasteiger charge is -2.09. The number of rotatable bonds is 5. The molecule has 0 bridgehead atoms. The number of hydrogen-bond acceptors (Lipinski definition) is 3. The summed E-state index contributed by atoms with van der Waals surface area (Å²) in [6.45, 7) is 3.70. The number of ether oxygens (including phenoxy) is 1. The van der Waals surface area contributed by atoms with Gasteiger partial charge in [-0.05, 0) is 31.2 Å². The van der Waals surface area contributed by atoms with E-state index in [0.717, 1.165) is 5.75 Å². The van der Waals surface area contributed by atoms with Gasteiger partial charge in [-0.3, -0.25) is 4.79 Å². The van der Waals surface area contributed by atoms with E-state index in [1.54, 1.807) is 25.8 Å². The van der Waals surface area contributed by atoms with Crippen LogP contribution in [0.2, 0.25) is 0 Å². The van der Waals surface area contributed by atoms with E-state index in [2.05, 4.69) is 6.92 Å². The Kier molecular flexibility index (Phi) is 4.69. The normalized spacial score (nSPS) is 12.2. The summed E-state index contributed by atoms with van der Waals surface area (Å²) in [4.78, 5) is 12.1. The first-order valence-electron chi connectivity index (χ1n) is 4.92. The molecule has 0 spiro atoms. The molecule has 0 radical (unpaired) electrons. The number of benzene rings is 1. The zero-order chi connectivity index (χ0) is 11.3. The van der Waals surface area contributed by atoms with Gasteiger partial charge >= 0.3 is 0 Å². The molecule has 0 saturated carbocycles. The van der Waals surface area contributed by atoms with E-state index >= 15 is 0 Å². The second kappa shape index (κ2) is 5.81. The molecule has 1 atom stereocenters. The number of Topliss-reactive ketones (excluding diaryl/α,β-unsaturated/α-hetero) is 1. The molecule has 1 unspecified atom stereocenters. The fourth-order valence-electron chi connectivity index (χ4n) is 1.33. The van der Waals surface area contributed by atoms with Gasteiger partial charge in [0.15, 0.2) is 0 Å². The van der Waals surface area contributed by atoms with Crippen LogP contribution in [0.3, 0.4) is 0 Å². The zero-order valence-electron chi connectivity index (χ0n) is 9.32. The summed E-state index contributed by atoms with van der Waals surface area (Å²) in [5.41, 5.74) is 0. The molecular formula is C12H16O2S. The van der Waals surface area contributed by atoms with Crippen molar-refractivity contribution in [2.75, 3.05) is 7.11 Å². The summed E-state index contributed by atoms with van der Waals surface area (Å²) in [5.74, 6) is 1.10. The average Bonchev–Trinajstić information content (AvgIpc) is 2.17. The van der Waals surface area contributed by atoms with Gasteiger partial charge in [0.2, 0.25) is 0 Å². The Labute approximate surface area is 95.0 Å². The Balaban J connectivity index is 2.53. The van der Waals surface area contributed by atoms with E-state index in [4.69, 9.17) is 4.74 Å². The number of thioether (sulfide) groups is 1. The Morgan fingerprint density at radius 3 is 2.47 bits per heavy atom. The highest BCUT2D eigenvalue weighted by molar-refractivity contribution is 8.00. The fourth-order valence-corrected chi connectivity index (χ4v) is 2.41. The molecule has 82 valence electrons. The van der Waals surface area contributed by atoms with Crippen LogP contribution in [0.25, 0.3) is 0 Å². The van der Waals surface area contributed by atoms with Crippen molar-refractivity contribution >= 4 is 17.5 Å². The molecule has 0 amide bonds. The van der Waals surface area contributed by atoms with Crippen molar-refractivity contribution in [2.45, 2.75) is 30.4 Å². The first-order chi connectivity index (χ1) is 7.11. The molecule has 0 N–H and O–H groups in total. The minimum absolute atomic E-state index is 0.239. The molecule has 0 fully saturated rings. The van der Waals surface area contributed by atoms with Gasteiger partial charge < -0.3 is 4.74 Å². The molecule has 3 heteroatoms. The molecule has 0 aliphatic rings. The second-order valence-electron chi connectivity index (χ2n) is 3.51. The summed E-state index contributed by atoms with van der Waals surface area (Å²) in [5, 5.41) is 0.330. The number of hydrogen-bond donors (Lipinski definition) is 0. The van der Waals surface area contributed by atoms with E-state index in [9.17, 15) is 4.79 Å². The van der Waals surface area contributed by atoms with Crippen LogP contribution in [0.4, 0.5) is 0 Å². The van der Waals surface area contributed by atoms with Gasteiger partial charge in [-0.2, -0.15) is 0 Å². The predicted molar refractivity (Wildman–Crippen MR) is 63.6 cm³/mol. The maximum atomic E-state index is 10.9. The van der Waals surface area contributed by atoms with Gasteiger partial charge in [0, 0.05) is 16.6 Å². The summed E-state index contributed by atoms with van der Waals surface area (Å²) >= 11 is 1.71. The molecule has 1 aromatic carbocycles. The number of carbonyl (C=O) groups excluding carboxylic acids is 1. The molecule has 0 saturated heterocycles. The highest BCUT2D eigenvalue weighted by atomic mass is 32.2. The van der Waals surface area contributed by atoms with Crippen LogP contribution in [0, 0.1) is 0 Å². The SMILES string of the molecule is COc1ccc(SC(C)CC(C)=O)cc1. The zero-order valence-corrected chi connectivity index (χ0v) is 10.1. The van der Waals surface area contributed by atoms with Gasteiger partial charge in [-0.15, -0.1) is 11.8 Å². The molecule has 1 aromatic rings. The summed E-state index contributed by atoms with van der Waals surface area (Å²) in [7, 11) is 1.65. The van der Waals surface area contributed by atoms with Crippen molar-refractivity contribution in [3.63, 3.8) is 0 Å². The van der Waals surface area contributed by atoms with Crippen molar-refractivity contribution < 1.29 is 9.53 Å². The summed E-state index contributed by atoms with van der Waals surface area (Å²) in [6.07, 6.45) is 0.622. The van der Waals surface area contributed by atoms with Gasteiger partial charge in [-0.1, -0.05) is 6.92 Å². The molecule has 1 rings (SSSR count). The molecule has 0 aliphatic heterocycles. The molecule has 15 heavy (non-hydrogen) atoms. The smallest absolute Gasteiger partial charge is 0.130 e. The lowest BCUT2D eigenvalue weighted by atomic mass is 10.2. The van der Waals surface area contributed by atoms with Crippen LogP contribution >= 0.6 is 11.8 Å². The van der Waals surface area contributed by atoms with Crippen LogP contribution in [0.15, 0.2) is 29.2 Å². The lowest BCUT2D eigenvalue weighted by Crippen LogP contribution is -2.02. The third kappa shape index (κ3) is 4.38. The third-order valence-electron chi connectivity index (χ3n) is 1.97. The number of methoxy groups -OCH3 is 1. The average molecular weight is 224 g/mol. The molecule has 0 aromatic heterocycles. The van der Waals surface area contributed by atoms with Gasteiger partial charge in [0.25, 0.3) is 0 Å². The van der Waals surface area contributed by atoms with Crippen LogP contribution in [0.5, 0.6) is 5.75 Å². The van der Waals surface area contributed by atoms with Crippen LogP contribution in [-0.2, 0) is 4.79 Å². The fraction of sp³-hybridized carbons (Fsp3) is 0.417. The Bertz CT molecular complexity index is 319. The molecule has 0 aliphatic carbocycles.